The Morgan fingerprint density at radius 1 is 0.944 bits per heavy atom. The first-order valence-corrected chi connectivity index (χ1v) is 14.5. The zero-order valence-electron chi connectivity index (χ0n) is 19.2. The summed E-state index contributed by atoms with van der Waals surface area (Å²) in [6, 6.07) is 5.65. The minimum absolute atomic E-state index is 0.103. The predicted octanol–water partition coefficient (Wildman–Crippen LogP) is 3.71. The van der Waals surface area contributed by atoms with Crippen molar-refractivity contribution in [2.24, 2.45) is 0 Å². The Morgan fingerprint density at radius 2 is 1.56 bits per heavy atom. The van der Waals surface area contributed by atoms with Crippen LogP contribution in [0.5, 0.6) is 0 Å². The normalized spacial score (nSPS) is 18.0. The van der Waals surface area contributed by atoms with Crippen LogP contribution in [0.2, 0.25) is 0 Å². The first kappa shape index (κ1) is 26.6. The Morgan fingerprint density at radius 3 is 2.11 bits per heavy atom. The SMILES string of the molecule is CS(=O)(=O)c1cc(F)ccc1C(=O)N1CCC(N(C2CC2)S(=O)(=O)c2cccc(C(F)(F)F)c2)CC1. The second-order valence-electron chi connectivity index (χ2n) is 9.03. The highest BCUT2D eigenvalue weighted by Crippen LogP contribution is 2.38. The van der Waals surface area contributed by atoms with E-state index in [9.17, 15) is 39.2 Å². The van der Waals surface area contributed by atoms with Crippen molar-refractivity contribution >= 4 is 25.8 Å². The van der Waals surface area contributed by atoms with Crippen molar-refractivity contribution in [3.8, 4) is 0 Å². The van der Waals surface area contributed by atoms with Crippen molar-refractivity contribution < 1.29 is 39.2 Å². The van der Waals surface area contributed by atoms with E-state index in [0.717, 1.165) is 42.7 Å². The molecular weight excluding hydrogens is 524 g/mol. The molecule has 0 N–H and O–H groups in total. The summed E-state index contributed by atoms with van der Waals surface area (Å²) in [4.78, 5) is 13.6. The van der Waals surface area contributed by atoms with E-state index in [1.165, 1.54) is 9.21 Å². The van der Waals surface area contributed by atoms with Crippen LogP contribution in [0.3, 0.4) is 0 Å². The van der Waals surface area contributed by atoms with Gasteiger partial charge in [0, 0.05) is 31.4 Å². The number of nitrogens with zero attached hydrogens (tertiary/aromatic N) is 2. The summed E-state index contributed by atoms with van der Waals surface area (Å²) in [6.45, 7) is 0.205. The van der Waals surface area contributed by atoms with E-state index in [0.29, 0.717) is 18.9 Å². The maximum absolute atomic E-state index is 13.6. The molecule has 4 rings (SSSR count). The smallest absolute Gasteiger partial charge is 0.338 e. The lowest BCUT2D eigenvalue weighted by Crippen LogP contribution is -2.49. The number of hydrogen-bond donors (Lipinski definition) is 0. The molecule has 0 aromatic heterocycles. The van der Waals surface area contributed by atoms with Crippen LogP contribution in [0.4, 0.5) is 17.6 Å². The molecule has 0 unspecified atom stereocenters. The number of benzene rings is 2. The predicted molar refractivity (Wildman–Crippen MR) is 122 cm³/mol. The lowest BCUT2D eigenvalue weighted by Gasteiger charge is -2.38. The highest BCUT2D eigenvalue weighted by Gasteiger charge is 2.44. The number of piperidine rings is 1. The lowest BCUT2D eigenvalue weighted by molar-refractivity contribution is -0.137. The maximum atomic E-state index is 13.6. The molecule has 1 amide bonds. The molecule has 2 aromatic rings. The molecule has 1 saturated heterocycles. The molecule has 1 aliphatic carbocycles. The molecule has 2 fully saturated rings. The fourth-order valence-corrected chi connectivity index (χ4v) is 7.31. The number of likely N-dealkylation sites (tertiary alicyclic amines) is 1. The molecule has 196 valence electrons. The van der Waals surface area contributed by atoms with Gasteiger partial charge in [0.1, 0.15) is 5.82 Å². The third-order valence-electron chi connectivity index (χ3n) is 6.33. The number of halogens is 4. The van der Waals surface area contributed by atoms with Crippen LogP contribution >= 0.6 is 0 Å². The van der Waals surface area contributed by atoms with Crippen LogP contribution in [0, 0.1) is 5.82 Å². The molecule has 0 radical (unpaired) electrons. The summed E-state index contributed by atoms with van der Waals surface area (Å²) < 4.78 is 105. The van der Waals surface area contributed by atoms with E-state index in [1.54, 1.807) is 0 Å². The summed E-state index contributed by atoms with van der Waals surface area (Å²) in [6.07, 6.45) is -2.20. The second-order valence-corrected chi connectivity index (χ2v) is 12.9. The largest absolute Gasteiger partial charge is 0.416 e. The van der Waals surface area contributed by atoms with Crippen LogP contribution < -0.4 is 0 Å². The van der Waals surface area contributed by atoms with Gasteiger partial charge >= 0.3 is 6.18 Å². The summed E-state index contributed by atoms with van der Waals surface area (Å²) >= 11 is 0. The van der Waals surface area contributed by atoms with Crippen molar-refractivity contribution in [1.29, 1.82) is 0 Å². The van der Waals surface area contributed by atoms with Crippen LogP contribution in [0.15, 0.2) is 52.3 Å². The monoisotopic (exact) mass is 548 g/mol. The Balaban J connectivity index is 1.55. The molecule has 0 bridgehead atoms. The fourth-order valence-electron chi connectivity index (χ4n) is 4.45. The zero-order chi connectivity index (χ0) is 26.5. The van der Waals surface area contributed by atoms with E-state index < -0.39 is 59.2 Å². The minimum atomic E-state index is -4.69. The average Bonchev–Trinajstić information content (AvgIpc) is 3.63. The molecular formula is C23H24F4N2O5S2. The lowest BCUT2D eigenvalue weighted by atomic mass is 10.0. The third-order valence-corrected chi connectivity index (χ3v) is 9.47. The van der Waals surface area contributed by atoms with Gasteiger partial charge in [0.15, 0.2) is 9.84 Å². The molecule has 13 heteroatoms. The number of sulfonamides is 1. The summed E-state index contributed by atoms with van der Waals surface area (Å²) in [7, 11) is -8.12. The van der Waals surface area contributed by atoms with Gasteiger partial charge < -0.3 is 4.90 Å². The van der Waals surface area contributed by atoms with Gasteiger partial charge in [0.05, 0.1) is 20.9 Å². The number of carbonyl (C=O) groups is 1. The quantitative estimate of drug-likeness (QED) is 0.514. The molecule has 7 nitrogen and oxygen atoms in total. The first-order chi connectivity index (χ1) is 16.7. The first-order valence-electron chi connectivity index (χ1n) is 11.2. The van der Waals surface area contributed by atoms with Crippen LogP contribution in [-0.4, -0.2) is 63.4 Å². The number of rotatable bonds is 6. The van der Waals surface area contributed by atoms with Crippen molar-refractivity contribution in [2.75, 3.05) is 19.3 Å². The number of carbonyl (C=O) groups excluding carboxylic acids is 1. The van der Waals surface area contributed by atoms with Gasteiger partial charge in [0.25, 0.3) is 5.91 Å². The van der Waals surface area contributed by atoms with Crippen LogP contribution in [0.1, 0.15) is 41.6 Å². The Bertz CT molecular complexity index is 1380. The van der Waals surface area contributed by atoms with E-state index in [1.807, 2.05) is 0 Å². The van der Waals surface area contributed by atoms with Gasteiger partial charge in [-0.05, 0) is 62.1 Å². The third kappa shape index (κ3) is 5.42. The molecule has 0 spiro atoms. The zero-order valence-corrected chi connectivity index (χ0v) is 20.8. The standard InChI is InChI=1S/C23H24F4N2O5S2/c1-35(31,32)21-14-16(24)5-8-20(21)22(30)28-11-9-18(10-12-28)29(17-6-7-17)36(33,34)19-4-2-3-15(13-19)23(25,26)27/h2-5,8,13-14,17-18H,6-7,9-12H2,1H3. The Hall–Kier alpha value is -2.51. The maximum Gasteiger partial charge on any atom is 0.416 e. The van der Waals surface area contributed by atoms with Crippen molar-refractivity contribution in [3.05, 3.63) is 59.4 Å². The van der Waals surface area contributed by atoms with E-state index >= 15 is 0 Å². The number of alkyl halides is 3. The Kier molecular flexibility index (Phi) is 6.95. The molecule has 0 atom stereocenters. The van der Waals surface area contributed by atoms with Gasteiger partial charge in [-0.1, -0.05) is 6.07 Å². The number of hydrogen-bond acceptors (Lipinski definition) is 5. The minimum Gasteiger partial charge on any atom is -0.338 e. The fraction of sp³-hybridized carbons (Fsp3) is 0.435. The van der Waals surface area contributed by atoms with E-state index in [4.69, 9.17) is 0 Å². The van der Waals surface area contributed by atoms with Gasteiger partial charge in [0.2, 0.25) is 10.0 Å². The van der Waals surface area contributed by atoms with Gasteiger partial charge in [-0.15, -0.1) is 0 Å². The van der Waals surface area contributed by atoms with Crippen LogP contribution in [0.25, 0.3) is 0 Å². The van der Waals surface area contributed by atoms with Crippen LogP contribution in [-0.2, 0) is 26.0 Å². The van der Waals surface area contributed by atoms with Crippen molar-refractivity contribution in [2.45, 2.75) is 53.7 Å². The summed E-state index contributed by atoms with van der Waals surface area (Å²) in [5.74, 6) is -1.42. The van der Waals surface area contributed by atoms with Gasteiger partial charge in [-0.3, -0.25) is 4.79 Å². The molecule has 1 aliphatic heterocycles. The van der Waals surface area contributed by atoms with Gasteiger partial charge in [-0.2, -0.15) is 17.5 Å². The molecule has 2 aliphatic rings. The molecule has 2 aromatic carbocycles. The second kappa shape index (κ2) is 9.42. The van der Waals surface area contributed by atoms with E-state index in [2.05, 4.69) is 0 Å². The highest BCUT2D eigenvalue weighted by atomic mass is 32.2. The number of sulfone groups is 1. The number of amides is 1. The summed E-state index contributed by atoms with van der Waals surface area (Å²) in [5.41, 5.74) is -1.23. The molecule has 1 saturated carbocycles. The van der Waals surface area contributed by atoms with E-state index in [-0.39, 0.29) is 37.5 Å². The highest BCUT2D eigenvalue weighted by molar-refractivity contribution is 7.90. The molecule has 1 heterocycles. The average molecular weight is 549 g/mol. The van der Waals surface area contributed by atoms with Crippen molar-refractivity contribution in [1.82, 2.24) is 9.21 Å². The van der Waals surface area contributed by atoms with Crippen molar-refractivity contribution in [3.63, 3.8) is 0 Å². The van der Waals surface area contributed by atoms with Gasteiger partial charge in [-0.25, -0.2) is 21.2 Å². The molecule has 36 heavy (non-hydrogen) atoms. The topological polar surface area (TPSA) is 91.8 Å². The Labute approximate surface area is 206 Å². The summed E-state index contributed by atoms with van der Waals surface area (Å²) in [5, 5.41) is 0.